The summed E-state index contributed by atoms with van der Waals surface area (Å²) in [6.45, 7) is 1.71. The molecule has 0 spiro atoms. The summed E-state index contributed by atoms with van der Waals surface area (Å²) in [5.74, 6) is -3.39. The number of hydrogen-bond donors (Lipinski definition) is 1. The van der Waals surface area contributed by atoms with E-state index in [1.54, 1.807) is 13.0 Å². The van der Waals surface area contributed by atoms with E-state index in [4.69, 9.17) is 14.6 Å². The van der Waals surface area contributed by atoms with Gasteiger partial charge in [-0.1, -0.05) is 0 Å². The molecule has 0 saturated heterocycles. The third-order valence-electron chi connectivity index (χ3n) is 2.06. The third-order valence-corrected chi connectivity index (χ3v) is 2.06. The highest BCUT2D eigenvalue weighted by atomic mass is 16.5. The topological polar surface area (TPSA) is 85.7 Å². The van der Waals surface area contributed by atoms with Crippen LogP contribution in [0.1, 0.15) is 18.5 Å². The molecule has 0 fully saturated rings. The van der Waals surface area contributed by atoms with Crippen molar-refractivity contribution in [2.45, 2.75) is 12.8 Å². The van der Waals surface area contributed by atoms with Crippen molar-refractivity contribution >= 4 is 11.9 Å². The lowest BCUT2D eigenvalue weighted by molar-refractivity contribution is -0.154. The molecule has 1 atom stereocenters. The third kappa shape index (κ3) is 2.93. The Hall–Kier alpha value is -2.11. The maximum absolute atomic E-state index is 11.6. The lowest BCUT2D eigenvalue weighted by Gasteiger charge is -2.13. The number of aliphatic carboxylic acids is 1. The van der Waals surface area contributed by atoms with Gasteiger partial charge in [0.1, 0.15) is 11.4 Å². The van der Waals surface area contributed by atoms with E-state index < -0.39 is 17.9 Å². The van der Waals surface area contributed by atoms with Gasteiger partial charge >= 0.3 is 11.9 Å². The second kappa shape index (κ2) is 5.83. The summed E-state index contributed by atoms with van der Waals surface area (Å²) in [6, 6.07) is 3.13. The van der Waals surface area contributed by atoms with Crippen molar-refractivity contribution in [3.05, 3.63) is 24.0 Å². The standard InChI is InChI=1S/C11H13NO5/c1-3-17-11(15)8(10(13)14)9-7(16-2)5-4-6-12-9/h4-6,8H,3H2,1-2H3,(H,13,14). The summed E-state index contributed by atoms with van der Waals surface area (Å²) in [6.07, 6.45) is 1.40. The van der Waals surface area contributed by atoms with E-state index in [1.807, 2.05) is 0 Å². The molecule has 0 saturated carbocycles. The van der Waals surface area contributed by atoms with Crippen molar-refractivity contribution in [1.82, 2.24) is 4.98 Å². The number of hydrogen-bond acceptors (Lipinski definition) is 5. The smallest absolute Gasteiger partial charge is 0.326 e. The van der Waals surface area contributed by atoms with Crippen LogP contribution in [0.3, 0.4) is 0 Å². The molecule has 1 N–H and O–H groups in total. The summed E-state index contributed by atoms with van der Waals surface area (Å²) in [5.41, 5.74) is 0.0425. The van der Waals surface area contributed by atoms with Crippen molar-refractivity contribution in [2.75, 3.05) is 13.7 Å². The number of rotatable bonds is 5. The van der Waals surface area contributed by atoms with Crippen LogP contribution in [0.25, 0.3) is 0 Å². The molecule has 0 amide bonds. The summed E-state index contributed by atoms with van der Waals surface area (Å²) in [5, 5.41) is 9.05. The Labute approximate surface area is 98.2 Å². The molecule has 1 aromatic rings. The van der Waals surface area contributed by atoms with Gasteiger partial charge in [0.05, 0.1) is 13.7 Å². The van der Waals surface area contributed by atoms with Gasteiger partial charge in [-0.05, 0) is 19.1 Å². The number of nitrogens with zero attached hydrogens (tertiary/aromatic N) is 1. The Bertz CT molecular complexity index is 418. The largest absolute Gasteiger partial charge is 0.495 e. The molecule has 6 heteroatoms. The minimum absolute atomic E-state index is 0.0425. The van der Waals surface area contributed by atoms with Gasteiger partial charge in [-0.15, -0.1) is 0 Å². The van der Waals surface area contributed by atoms with E-state index in [9.17, 15) is 9.59 Å². The molecule has 6 nitrogen and oxygen atoms in total. The van der Waals surface area contributed by atoms with E-state index in [0.717, 1.165) is 0 Å². The van der Waals surface area contributed by atoms with Crippen LogP contribution in [0.2, 0.25) is 0 Å². The summed E-state index contributed by atoms with van der Waals surface area (Å²) >= 11 is 0. The molecule has 1 aromatic heterocycles. The molecule has 0 aromatic carbocycles. The molecule has 0 radical (unpaired) electrons. The van der Waals surface area contributed by atoms with Crippen LogP contribution in [0.4, 0.5) is 0 Å². The van der Waals surface area contributed by atoms with E-state index in [2.05, 4.69) is 4.98 Å². The molecule has 92 valence electrons. The Kier molecular flexibility index (Phi) is 4.45. The Morgan fingerprint density at radius 3 is 2.76 bits per heavy atom. The van der Waals surface area contributed by atoms with E-state index in [1.165, 1.54) is 19.4 Å². The summed E-state index contributed by atoms with van der Waals surface area (Å²) in [7, 11) is 1.38. The summed E-state index contributed by atoms with van der Waals surface area (Å²) in [4.78, 5) is 26.5. The maximum Gasteiger partial charge on any atom is 0.326 e. The molecular weight excluding hydrogens is 226 g/mol. The van der Waals surface area contributed by atoms with Crippen molar-refractivity contribution in [3.8, 4) is 5.75 Å². The number of pyridine rings is 1. The Balaban J connectivity index is 3.14. The van der Waals surface area contributed by atoms with Gasteiger partial charge in [-0.25, -0.2) is 0 Å². The fourth-order valence-corrected chi connectivity index (χ4v) is 1.35. The predicted octanol–water partition coefficient (Wildman–Crippen LogP) is 0.821. The minimum Gasteiger partial charge on any atom is -0.495 e. The van der Waals surface area contributed by atoms with Crippen molar-refractivity contribution < 1.29 is 24.2 Å². The molecule has 0 bridgehead atoms. The first-order valence-electron chi connectivity index (χ1n) is 5.00. The number of carbonyl (C=O) groups excluding carboxylic acids is 1. The van der Waals surface area contributed by atoms with Crippen LogP contribution in [0.5, 0.6) is 5.75 Å². The van der Waals surface area contributed by atoms with Crippen molar-refractivity contribution in [3.63, 3.8) is 0 Å². The quantitative estimate of drug-likeness (QED) is 0.604. The second-order valence-corrected chi connectivity index (χ2v) is 3.11. The number of carboxylic acid groups (broad SMARTS) is 1. The van der Waals surface area contributed by atoms with Gasteiger partial charge in [-0.2, -0.15) is 0 Å². The van der Waals surface area contributed by atoms with E-state index in [0.29, 0.717) is 0 Å². The number of carboxylic acids is 1. The number of ether oxygens (including phenoxy) is 2. The van der Waals surface area contributed by atoms with Gasteiger partial charge in [0.15, 0.2) is 5.92 Å². The lowest BCUT2D eigenvalue weighted by atomic mass is 10.0. The van der Waals surface area contributed by atoms with Crippen LogP contribution in [0, 0.1) is 0 Å². The average Bonchev–Trinajstić information content (AvgIpc) is 2.30. The van der Waals surface area contributed by atoms with Crippen LogP contribution in [0.15, 0.2) is 18.3 Å². The molecule has 17 heavy (non-hydrogen) atoms. The van der Waals surface area contributed by atoms with Gasteiger partial charge < -0.3 is 14.6 Å². The van der Waals surface area contributed by atoms with E-state index >= 15 is 0 Å². The zero-order valence-electron chi connectivity index (χ0n) is 9.54. The highest BCUT2D eigenvalue weighted by Gasteiger charge is 2.33. The molecule has 1 unspecified atom stereocenters. The number of carbonyl (C=O) groups is 2. The average molecular weight is 239 g/mol. The SMILES string of the molecule is CCOC(=O)C(C(=O)O)c1ncccc1OC. The van der Waals surface area contributed by atoms with Crippen LogP contribution < -0.4 is 4.74 Å². The Morgan fingerprint density at radius 2 is 2.24 bits per heavy atom. The van der Waals surface area contributed by atoms with Gasteiger partial charge in [0.25, 0.3) is 0 Å². The first-order chi connectivity index (χ1) is 8.11. The normalized spacial score (nSPS) is 11.6. The lowest BCUT2D eigenvalue weighted by Crippen LogP contribution is -2.25. The zero-order valence-corrected chi connectivity index (χ0v) is 9.54. The summed E-state index contributed by atoms with van der Waals surface area (Å²) < 4.78 is 9.68. The number of aromatic nitrogens is 1. The van der Waals surface area contributed by atoms with Crippen LogP contribution in [-0.2, 0) is 14.3 Å². The highest BCUT2D eigenvalue weighted by molar-refractivity contribution is 6.00. The molecule has 1 heterocycles. The first-order valence-corrected chi connectivity index (χ1v) is 5.00. The molecule has 0 aliphatic heterocycles. The van der Waals surface area contributed by atoms with Crippen LogP contribution >= 0.6 is 0 Å². The van der Waals surface area contributed by atoms with E-state index in [-0.39, 0.29) is 18.1 Å². The van der Waals surface area contributed by atoms with Gasteiger partial charge in [0, 0.05) is 6.20 Å². The highest BCUT2D eigenvalue weighted by Crippen LogP contribution is 2.25. The molecule has 0 aliphatic rings. The molecule has 0 aliphatic carbocycles. The zero-order chi connectivity index (χ0) is 12.8. The first kappa shape index (κ1) is 13.0. The van der Waals surface area contributed by atoms with Crippen molar-refractivity contribution in [1.29, 1.82) is 0 Å². The van der Waals surface area contributed by atoms with Crippen LogP contribution in [-0.4, -0.2) is 35.7 Å². The fraction of sp³-hybridized carbons (Fsp3) is 0.364. The van der Waals surface area contributed by atoms with Gasteiger partial charge in [0.2, 0.25) is 0 Å². The van der Waals surface area contributed by atoms with Gasteiger partial charge in [-0.3, -0.25) is 14.6 Å². The second-order valence-electron chi connectivity index (χ2n) is 3.11. The monoisotopic (exact) mass is 239 g/mol. The minimum atomic E-state index is -1.47. The number of esters is 1. The van der Waals surface area contributed by atoms with Crippen molar-refractivity contribution in [2.24, 2.45) is 0 Å². The Morgan fingerprint density at radius 1 is 1.53 bits per heavy atom. The molecular formula is C11H13NO5. The predicted molar refractivity (Wildman–Crippen MR) is 57.8 cm³/mol. The fourth-order valence-electron chi connectivity index (χ4n) is 1.35. The molecule has 1 rings (SSSR count). The maximum atomic E-state index is 11.6. The number of methoxy groups -OCH3 is 1.